The number of likely N-dealkylation sites (tertiary alicyclic amines) is 1. The summed E-state index contributed by atoms with van der Waals surface area (Å²) in [5.74, 6) is 0.714. The zero-order chi connectivity index (χ0) is 24.8. The molecule has 5 nitrogen and oxygen atoms in total. The van der Waals surface area contributed by atoms with Gasteiger partial charge in [-0.05, 0) is 86.0 Å². The number of carbonyl (C=O) groups excluding carboxylic acids is 1. The molecule has 1 aliphatic heterocycles. The summed E-state index contributed by atoms with van der Waals surface area (Å²) < 4.78 is 20.1. The molecule has 1 aliphatic rings. The van der Waals surface area contributed by atoms with Crippen molar-refractivity contribution in [2.75, 3.05) is 26.7 Å². The summed E-state index contributed by atoms with van der Waals surface area (Å²) >= 11 is 1.51. The molecule has 1 atom stereocenters. The van der Waals surface area contributed by atoms with Crippen LogP contribution in [0, 0.1) is 11.7 Å². The number of halogens is 1. The van der Waals surface area contributed by atoms with Gasteiger partial charge in [0.1, 0.15) is 5.82 Å². The standard InChI is InChI=1S/C28H33FN2O3S/c1-3-34-27-16-20(8-9-26(27)32)18-31-13-10-21(11-14-31)25(17-22-6-4-5-7-24(22)29)30(2)28(33)23-12-15-35-19-23/h4-9,12,15-16,19,21,25,32H,3,10-11,13-14,17-18H2,1-2H3/t25-/m0/s1. The Bertz CT molecular complexity index is 1110. The van der Waals surface area contributed by atoms with E-state index in [1.54, 1.807) is 12.1 Å². The van der Waals surface area contributed by atoms with Crippen molar-refractivity contribution in [1.29, 1.82) is 0 Å². The fraction of sp³-hybridized carbons (Fsp3) is 0.393. The van der Waals surface area contributed by atoms with Crippen molar-refractivity contribution in [1.82, 2.24) is 9.80 Å². The molecule has 0 unspecified atom stereocenters. The van der Waals surface area contributed by atoms with Gasteiger partial charge in [-0.3, -0.25) is 9.69 Å². The van der Waals surface area contributed by atoms with Crippen molar-refractivity contribution in [2.24, 2.45) is 5.92 Å². The monoisotopic (exact) mass is 496 g/mol. The molecule has 1 saturated heterocycles. The number of carbonyl (C=O) groups is 1. The molecule has 0 saturated carbocycles. The van der Waals surface area contributed by atoms with Crippen molar-refractivity contribution in [3.63, 3.8) is 0 Å². The van der Waals surface area contributed by atoms with E-state index in [0.29, 0.717) is 29.9 Å². The highest BCUT2D eigenvalue weighted by atomic mass is 32.1. The molecule has 0 bridgehead atoms. The Kier molecular flexibility index (Phi) is 8.42. The average molecular weight is 497 g/mol. The number of aromatic hydroxyl groups is 1. The highest BCUT2D eigenvalue weighted by Crippen LogP contribution is 2.31. The minimum absolute atomic E-state index is 0.0115. The fourth-order valence-electron chi connectivity index (χ4n) is 4.93. The van der Waals surface area contributed by atoms with Gasteiger partial charge in [0.2, 0.25) is 0 Å². The number of likely N-dealkylation sites (N-methyl/N-ethyl adjacent to an activating group) is 1. The van der Waals surface area contributed by atoms with Crippen LogP contribution in [0.1, 0.15) is 41.3 Å². The lowest BCUT2D eigenvalue weighted by Crippen LogP contribution is -2.47. The Morgan fingerprint density at radius 1 is 1.23 bits per heavy atom. The first-order valence-electron chi connectivity index (χ1n) is 12.2. The van der Waals surface area contributed by atoms with Gasteiger partial charge in [-0.25, -0.2) is 4.39 Å². The third-order valence-corrected chi connectivity index (χ3v) is 7.56. The molecule has 0 spiro atoms. The van der Waals surface area contributed by atoms with E-state index in [0.717, 1.165) is 38.0 Å². The van der Waals surface area contributed by atoms with Crippen molar-refractivity contribution < 1.29 is 19.0 Å². The van der Waals surface area contributed by atoms with Crippen LogP contribution in [0.2, 0.25) is 0 Å². The molecule has 7 heteroatoms. The molecule has 2 heterocycles. The van der Waals surface area contributed by atoms with Gasteiger partial charge in [0.05, 0.1) is 12.2 Å². The maximum atomic E-state index is 14.5. The van der Waals surface area contributed by atoms with E-state index in [1.807, 2.05) is 60.0 Å². The SMILES string of the molecule is CCOc1cc(CN2CCC([C@H](Cc3ccccc3F)N(C)C(=O)c3ccsc3)CC2)ccc1O. The number of benzene rings is 2. The van der Waals surface area contributed by atoms with Gasteiger partial charge in [-0.15, -0.1) is 0 Å². The summed E-state index contributed by atoms with van der Waals surface area (Å²) in [4.78, 5) is 17.4. The molecule has 0 radical (unpaired) electrons. The number of rotatable bonds is 9. The molecule has 1 amide bonds. The van der Waals surface area contributed by atoms with Crippen molar-refractivity contribution in [2.45, 2.75) is 38.8 Å². The number of phenolic OH excluding ortho intramolecular Hbond substituents is 1. The van der Waals surface area contributed by atoms with Gasteiger partial charge in [-0.1, -0.05) is 24.3 Å². The second-order valence-electron chi connectivity index (χ2n) is 9.14. The Morgan fingerprint density at radius 3 is 2.69 bits per heavy atom. The number of piperidine rings is 1. The van der Waals surface area contributed by atoms with E-state index < -0.39 is 0 Å². The number of ether oxygens (including phenoxy) is 1. The van der Waals surface area contributed by atoms with Crippen molar-refractivity contribution in [3.8, 4) is 11.5 Å². The Balaban J connectivity index is 1.45. The van der Waals surface area contributed by atoms with Crippen molar-refractivity contribution >= 4 is 17.2 Å². The zero-order valence-electron chi connectivity index (χ0n) is 20.3. The summed E-state index contributed by atoms with van der Waals surface area (Å²) in [6, 6.07) is 14.1. The smallest absolute Gasteiger partial charge is 0.254 e. The van der Waals surface area contributed by atoms with Crippen LogP contribution in [0.4, 0.5) is 4.39 Å². The second kappa shape index (κ2) is 11.7. The molecule has 4 rings (SSSR count). The molecular formula is C28H33FN2O3S. The number of nitrogens with zero attached hydrogens (tertiary/aromatic N) is 2. The molecule has 2 aromatic carbocycles. The Labute approximate surface area is 210 Å². The van der Waals surface area contributed by atoms with E-state index in [2.05, 4.69) is 4.90 Å². The summed E-state index contributed by atoms with van der Waals surface area (Å²) in [6.07, 6.45) is 2.35. The van der Waals surface area contributed by atoms with E-state index in [-0.39, 0.29) is 29.4 Å². The number of hydrogen-bond acceptors (Lipinski definition) is 5. The summed E-state index contributed by atoms with van der Waals surface area (Å²) in [7, 11) is 1.85. The molecule has 0 aliphatic carbocycles. The molecule has 35 heavy (non-hydrogen) atoms. The van der Waals surface area contributed by atoms with E-state index in [1.165, 1.54) is 17.4 Å². The molecule has 186 valence electrons. The summed E-state index contributed by atoms with van der Waals surface area (Å²) in [5, 5.41) is 13.8. The topological polar surface area (TPSA) is 53.0 Å². The molecular weight excluding hydrogens is 463 g/mol. The quantitative estimate of drug-likeness (QED) is 0.420. The van der Waals surface area contributed by atoms with Crippen LogP contribution in [0.3, 0.4) is 0 Å². The highest BCUT2D eigenvalue weighted by molar-refractivity contribution is 7.08. The maximum Gasteiger partial charge on any atom is 0.254 e. The lowest BCUT2D eigenvalue weighted by Gasteiger charge is -2.40. The van der Waals surface area contributed by atoms with Crippen LogP contribution in [0.5, 0.6) is 11.5 Å². The molecule has 1 aromatic heterocycles. The summed E-state index contributed by atoms with van der Waals surface area (Å²) in [5.41, 5.74) is 2.43. The Morgan fingerprint density at radius 2 is 2.00 bits per heavy atom. The maximum absolute atomic E-state index is 14.5. The largest absolute Gasteiger partial charge is 0.504 e. The first-order valence-corrected chi connectivity index (χ1v) is 13.1. The minimum atomic E-state index is -0.219. The van der Waals surface area contributed by atoms with Crippen molar-refractivity contribution in [3.05, 3.63) is 81.8 Å². The fourth-order valence-corrected chi connectivity index (χ4v) is 5.56. The van der Waals surface area contributed by atoms with Crippen LogP contribution in [-0.2, 0) is 13.0 Å². The predicted octanol–water partition coefficient (Wildman–Crippen LogP) is 5.59. The summed E-state index contributed by atoms with van der Waals surface area (Å²) in [6.45, 7) is 4.96. The van der Waals surface area contributed by atoms with Gasteiger partial charge >= 0.3 is 0 Å². The van der Waals surface area contributed by atoms with Crippen LogP contribution >= 0.6 is 11.3 Å². The molecule has 1 N–H and O–H groups in total. The van der Waals surface area contributed by atoms with Crippen LogP contribution < -0.4 is 4.74 Å². The normalized spacial score (nSPS) is 15.6. The molecule has 3 aromatic rings. The van der Waals surface area contributed by atoms with Gasteiger partial charge in [0.15, 0.2) is 11.5 Å². The first kappa shape index (κ1) is 25.2. The van der Waals surface area contributed by atoms with E-state index >= 15 is 0 Å². The van der Waals surface area contributed by atoms with Crippen LogP contribution in [0.25, 0.3) is 0 Å². The Hall–Kier alpha value is -2.90. The van der Waals surface area contributed by atoms with Gasteiger partial charge in [-0.2, -0.15) is 11.3 Å². The van der Waals surface area contributed by atoms with Crippen LogP contribution in [0.15, 0.2) is 59.3 Å². The number of amides is 1. The van der Waals surface area contributed by atoms with Crippen LogP contribution in [-0.4, -0.2) is 53.6 Å². The third kappa shape index (κ3) is 6.21. The van der Waals surface area contributed by atoms with Gasteiger partial charge in [0.25, 0.3) is 5.91 Å². The number of hydrogen-bond donors (Lipinski definition) is 1. The predicted molar refractivity (Wildman–Crippen MR) is 138 cm³/mol. The molecule has 1 fully saturated rings. The number of phenols is 1. The van der Waals surface area contributed by atoms with Gasteiger partial charge < -0.3 is 14.7 Å². The average Bonchev–Trinajstić information content (AvgIpc) is 3.41. The zero-order valence-corrected chi connectivity index (χ0v) is 21.1. The van der Waals surface area contributed by atoms with E-state index in [4.69, 9.17) is 4.74 Å². The van der Waals surface area contributed by atoms with E-state index in [9.17, 15) is 14.3 Å². The lowest BCUT2D eigenvalue weighted by molar-refractivity contribution is 0.0584. The number of thiophene rings is 1. The first-order chi connectivity index (χ1) is 17.0. The minimum Gasteiger partial charge on any atom is -0.504 e. The van der Waals surface area contributed by atoms with Gasteiger partial charge in [0, 0.05) is 25.0 Å². The highest BCUT2D eigenvalue weighted by Gasteiger charge is 2.32. The third-order valence-electron chi connectivity index (χ3n) is 6.88. The lowest BCUT2D eigenvalue weighted by atomic mass is 9.84. The second-order valence-corrected chi connectivity index (χ2v) is 9.92.